The molecule has 31 heavy (non-hydrogen) atoms. The number of anilines is 1. The van der Waals surface area contributed by atoms with E-state index in [0.717, 1.165) is 17.3 Å². The Hall–Kier alpha value is -2.30. The molecule has 1 amide bonds. The van der Waals surface area contributed by atoms with Crippen LogP contribution in [0.3, 0.4) is 0 Å². The number of alkyl halides is 3. The Labute approximate surface area is 178 Å². The number of rotatable bonds is 4. The molecule has 2 fully saturated rings. The van der Waals surface area contributed by atoms with Gasteiger partial charge in [0.15, 0.2) is 6.04 Å². The largest absolute Gasteiger partial charge is 0.462 e. The van der Waals surface area contributed by atoms with E-state index in [1.807, 2.05) is 0 Å². The number of carbonyl (C=O) groups excluding carboxylic acids is 2. The van der Waals surface area contributed by atoms with Gasteiger partial charge < -0.3 is 19.7 Å². The Bertz CT molecular complexity index is 822. The lowest BCUT2D eigenvalue weighted by Crippen LogP contribution is -2.50. The fourth-order valence-corrected chi connectivity index (χ4v) is 4.78. The van der Waals surface area contributed by atoms with E-state index in [1.165, 1.54) is 0 Å². The molecule has 1 aromatic heterocycles. The number of nitrogens with zero attached hydrogens (tertiary/aromatic N) is 3. The Morgan fingerprint density at radius 1 is 1.35 bits per heavy atom. The molecule has 0 aliphatic carbocycles. The van der Waals surface area contributed by atoms with E-state index in [0.29, 0.717) is 39.1 Å². The van der Waals surface area contributed by atoms with Crippen molar-refractivity contribution < 1.29 is 32.2 Å². The van der Waals surface area contributed by atoms with Gasteiger partial charge in [0.2, 0.25) is 5.91 Å². The monoisotopic (exact) mass is 444 g/mol. The molecule has 2 saturated heterocycles. The topological polar surface area (TPSA) is 85.7 Å². The molecule has 11 heteroatoms. The van der Waals surface area contributed by atoms with Crippen molar-refractivity contribution in [3.8, 4) is 0 Å². The van der Waals surface area contributed by atoms with Crippen molar-refractivity contribution in [3.05, 3.63) is 11.8 Å². The number of halogens is 3. The minimum atomic E-state index is -4.52. The van der Waals surface area contributed by atoms with E-state index >= 15 is 0 Å². The number of likely N-dealkylation sites (tertiary alicyclic amines) is 1. The van der Waals surface area contributed by atoms with Gasteiger partial charge >= 0.3 is 12.1 Å². The van der Waals surface area contributed by atoms with Gasteiger partial charge in [-0.05, 0) is 38.5 Å². The van der Waals surface area contributed by atoms with E-state index in [-0.39, 0.29) is 42.2 Å². The van der Waals surface area contributed by atoms with E-state index < -0.39 is 24.2 Å². The minimum absolute atomic E-state index is 0.00681. The summed E-state index contributed by atoms with van der Waals surface area (Å²) in [7, 11) is 0. The third-order valence-electron chi connectivity index (χ3n) is 6.38. The molecule has 0 radical (unpaired) electrons. The van der Waals surface area contributed by atoms with Crippen molar-refractivity contribution >= 4 is 17.7 Å². The number of ether oxygens (including phenoxy) is 2. The van der Waals surface area contributed by atoms with Crippen LogP contribution in [0.15, 0.2) is 6.20 Å². The molecule has 4 rings (SSSR count). The second-order valence-corrected chi connectivity index (χ2v) is 8.36. The maximum absolute atomic E-state index is 13.8. The maximum Gasteiger partial charge on any atom is 0.410 e. The summed E-state index contributed by atoms with van der Waals surface area (Å²) in [5.41, 5.74) is -0.00681. The van der Waals surface area contributed by atoms with Crippen LogP contribution in [0.25, 0.3) is 0 Å². The van der Waals surface area contributed by atoms with Crippen LogP contribution < -0.4 is 5.32 Å². The van der Waals surface area contributed by atoms with E-state index in [1.54, 1.807) is 11.8 Å². The van der Waals surface area contributed by atoms with E-state index in [4.69, 9.17) is 9.47 Å². The Morgan fingerprint density at radius 2 is 2.16 bits per heavy atom. The quantitative estimate of drug-likeness (QED) is 0.719. The molecule has 4 atom stereocenters. The van der Waals surface area contributed by atoms with Gasteiger partial charge in [-0.3, -0.25) is 4.79 Å². The second-order valence-electron chi connectivity index (χ2n) is 8.36. The van der Waals surface area contributed by atoms with Crippen molar-refractivity contribution in [2.75, 3.05) is 38.2 Å². The molecule has 3 aliphatic heterocycles. The zero-order chi connectivity index (χ0) is 22.2. The smallest absolute Gasteiger partial charge is 0.410 e. The maximum atomic E-state index is 13.8. The molecule has 3 aliphatic rings. The molecule has 172 valence electrons. The standard InChI is InChI=1S/C20H27F3N4O4/c1-2-31-19(29)14-9-24-27-16(20(21,22)23)8-15(25-17(14)27)12-4-3-6-26(10-12)18(28)13-5-7-30-11-13/h9,12-13,15-16,25H,2-8,10-11H2,1H3/t12-,13+,15-,16+/m0/s1. The molecule has 1 N–H and O–H groups in total. The van der Waals surface area contributed by atoms with Gasteiger partial charge in [-0.2, -0.15) is 18.3 Å². The summed E-state index contributed by atoms with van der Waals surface area (Å²) >= 11 is 0. The highest BCUT2D eigenvalue weighted by Crippen LogP contribution is 2.43. The highest BCUT2D eigenvalue weighted by atomic mass is 19.4. The second kappa shape index (κ2) is 8.68. The van der Waals surface area contributed by atoms with Gasteiger partial charge in [-0.15, -0.1) is 0 Å². The molecule has 1 aromatic rings. The van der Waals surface area contributed by atoms with E-state index in [2.05, 4.69) is 10.4 Å². The van der Waals surface area contributed by atoms with Gasteiger partial charge in [0, 0.05) is 25.7 Å². The summed E-state index contributed by atoms with van der Waals surface area (Å²) in [5, 5.41) is 6.96. The molecular weight excluding hydrogens is 417 g/mol. The number of piperidine rings is 1. The summed E-state index contributed by atoms with van der Waals surface area (Å²) in [6.45, 7) is 3.70. The lowest BCUT2D eigenvalue weighted by atomic mass is 9.85. The Morgan fingerprint density at radius 3 is 2.84 bits per heavy atom. The predicted molar refractivity (Wildman–Crippen MR) is 104 cm³/mol. The minimum Gasteiger partial charge on any atom is -0.462 e. The number of nitrogens with one attached hydrogen (secondary N) is 1. The number of esters is 1. The highest BCUT2D eigenvalue weighted by molar-refractivity contribution is 5.94. The summed E-state index contributed by atoms with van der Waals surface area (Å²) in [6.07, 6.45) is -1.49. The number of aromatic nitrogens is 2. The molecule has 4 heterocycles. The molecule has 0 aromatic carbocycles. The van der Waals surface area contributed by atoms with Crippen LogP contribution in [0.1, 0.15) is 49.0 Å². The summed E-state index contributed by atoms with van der Waals surface area (Å²) in [4.78, 5) is 26.8. The van der Waals surface area contributed by atoms with Gasteiger partial charge in [-0.25, -0.2) is 9.48 Å². The molecule has 0 saturated carbocycles. The molecule has 8 nitrogen and oxygen atoms in total. The van der Waals surface area contributed by atoms with Crippen LogP contribution in [-0.4, -0.2) is 71.7 Å². The SMILES string of the molecule is CCOC(=O)c1cnn2c1N[C@H]([C@H]1CCCN(C(=O)[C@@H]3CCOC3)C1)C[C@@H]2C(F)(F)F. The van der Waals surface area contributed by atoms with Crippen LogP contribution in [0, 0.1) is 11.8 Å². The molecule has 0 unspecified atom stereocenters. The molecule has 0 bridgehead atoms. The van der Waals surface area contributed by atoms with Crippen LogP contribution in [-0.2, 0) is 14.3 Å². The summed E-state index contributed by atoms with van der Waals surface area (Å²) in [6, 6.07) is -2.38. The van der Waals surface area contributed by atoms with Gasteiger partial charge in [-0.1, -0.05) is 0 Å². The highest BCUT2D eigenvalue weighted by Gasteiger charge is 2.49. The summed E-state index contributed by atoms with van der Waals surface area (Å²) in [5.74, 6) is -0.992. The van der Waals surface area contributed by atoms with Gasteiger partial charge in [0.25, 0.3) is 0 Å². The number of fused-ring (bicyclic) bond motifs is 1. The summed E-state index contributed by atoms with van der Waals surface area (Å²) < 4.78 is 52.7. The average Bonchev–Trinajstić information content (AvgIpc) is 3.42. The van der Waals surface area contributed by atoms with E-state index in [9.17, 15) is 22.8 Å². The molecular formula is C20H27F3N4O4. The van der Waals surface area contributed by atoms with Crippen molar-refractivity contribution in [1.29, 1.82) is 0 Å². The Kier molecular flexibility index (Phi) is 6.14. The molecule has 0 spiro atoms. The normalized spacial score (nSPS) is 28.7. The van der Waals surface area contributed by atoms with Crippen molar-refractivity contribution in [2.24, 2.45) is 11.8 Å². The Balaban J connectivity index is 1.56. The van der Waals surface area contributed by atoms with Crippen molar-refractivity contribution in [3.63, 3.8) is 0 Å². The zero-order valence-electron chi connectivity index (χ0n) is 17.4. The fraction of sp³-hybridized carbons (Fsp3) is 0.750. The lowest BCUT2D eigenvalue weighted by molar-refractivity contribution is -0.175. The first-order chi connectivity index (χ1) is 14.8. The van der Waals surface area contributed by atoms with Crippen LogP contribution in [0.2, 0.25) is 0 Å². The predicted octanol–water partition coefficient (Wildman–Crippen LogP) is 2.62. The van der Waals surface area contributed by atoms with Crippen LogP contribution in [0.5, 0.6) is 0 Å². The number of carbonyl (C=O) groups is 2. The zero-order valence-corrected chi connectivity index (χ0v) is 17.4. The number of hydrogen-bond donors (Lipinski definition) is 1. The third-order valence-corrected chi connectivity index (χ3v) is 6.38. The first kappa shape index (κ1) is 21.9. The van der Waals surface area contributed by atoms with Gasteiger partial charge in [0.05, 0.1) is 25.3 Å². The number of amides is 1. The van der Waals surface area contributed by atoms with Crippen LogP contribution in [0.4, 0.5) is 19.0 Å². The van der Waals surface area contributed by atoms with Crippen molar-refractivity contribution in [2.45, 2.75) is 50.9 Å². The van der Waals surface area contributed by atoms with Crippen LogP contribution >= 0.6 is 0 Å². The number of hydrogen-bond acceptors (Lipinski definition) is 6. The average molecular weight is 444 g/mol. The third kappa shape index (κ3) is 4.37. The van der Waals surface area contributed by atoms with Crippen molar-refractivity contribution in [1.82, 2.24) is 14.7 Å². The first-order valence-electron chi connectivity index (χ1n) is 10.7. The fourth-order valence-electron chi connectivity index (χ4n) is 4.78. The lowest BCUT2D eigenvalue weighted by Gasteiger charge is -2.42. The van der Waals surface area contributed by atoms with Gasteiger partial charge in [0.1, 0.15) is 11.4 Å². The first-order valence-corrected chi connectivity index (χ1v) is 10.7.